The average molecular weight is 940 g/mol. The maximum atomic E-state index is 12.8. The van der Waals surface area contributed by atoms with E-state index in [1.807, 2.05) is 0 Å². The number of hydrogen-bond acceptors (Lipinski definition) is 5. The molecule has 384 valence electrons. The SMILES string of the molecule is CC/C=C\C/C=C\C/C=C\C/C=C\C/C=C\CCCCOCC(COC(=O)CCC/C=C\C/C=C\C/C=C\C/C=C\C/C=C\CC)OC(=O)CCCCCCCCC/C=C\CCCCCCCC. The first-order valence-corrected chi connectivity index (χ1v) is 27.7. The number of esters is 2. The minimum absolute atomic E-state index is 0.0283. The molecule has 5 heteroatoms. The summed E-state index contributed by atoms with van der Waals surface area (Å²) in [5.74, 6) is -0.501. The van der Waals surface area contributed by atoms with E-state index in [0.29, 0.717) is 19.4 Å². The minimum Gasteiger partial charge on any atom is -0.462 e. The average Bonchev–Trinajstić information content (AvgIpc) is 3.34. The van der Waals surface area contributed by atoms with E-state index in [2.05, 4.69) is 154 Å². The van der Waals surface area contributed by atoms with E-state index in [4.69, 9.17) is 14.2 Å². The summed E-state index contributed by atoms with van der Waals surface area (Å²) in [7, 11) is 0. The molecular weight excluding hydrogens is 837 g/mol. The fraction of sp³-hybridized carbons (Fsp3) is 0.619. The van der Waals surface area contributed by atoms with Crippen LogP contribution in [0, 0.1) is 0 Å². The van der Waals surface area contributed by atoms with Gasteiger partial charge >= 0.3 is 11.9 Å². The lowest BCUT2D eigenvalue weighted by Crippen LogP contribution is -2.30. The van der Waals surface area contributed by atoms with Gasteiger partial charge in [0.05, 0.1) is 6.61 Å². The van der Waals surface area contributed by atoms with Crippen LogP contribution in [0.25, 0.3) is 0 Å². The molecule has 0 heterocycles. The number of allylic oxidation sites excluding steroid dienone is 22. The highest BCUT2D eigenvalue weighted by atomic mass is 16.6. The van der Waals surface area contributed by atoms with E-state index in [1.165, 1.54) is 77.0 Å². The number of carbonyl (C=O) groups excluding carboxylic acids is 2. The molecule has 0 spiro atoms. The van der Waals surface area contributed by atoms with E-state index in [1.54, 1.807) is 0 Å². The molecule has 0 aliphatic carbocycles. The Labute approximate surface area is 419 Å². The summed E-state index contributed by atoms with van der Waals surface area (Å²) in [4.78, 5) is 25.5. The number of unbranched alkanes of at least 4 members (excludes halogenated alkanes) is 16. The van der Waals surface area contributed by atoms with Crippen molar-refractivity contribution < 1.29 is 23.8 Å². The highest BCUT2D eigenvalue weighted by Gasteiger charge is 2.17. The van der Waals surface area contributed by atoms with Crippen molar-refractivity contribution in [1.82, 2.24) is 0 Å². The van der Waals surface area contributed by atoms with Gasteiger partial charge in [-0.15, -0.1) is 0 Å². The van der Waals surface area contributed by atoms with Gasteiger partial charge in [0.15, 0.2) is 6.10 Å². The maximum absolute atomic E-state index is 12.8. The van der Waals surface area contributed by atoms with E-state index >= 15 is 0 Å². The third-order valence-electron chi connectivity index (χ3n) is 11.2. The van der Waals surface area contributed by atoms with Gasteiger partial charge in [0.1, 0.15) is 6.61 Å². The van der Waals surface area contributed by atoms with Crippen molar-refractivity contribution >= 4 is 11.9 Å². The lowest BCUT2D eigenvalue weighted by atomic mass is 10.1. The summed E-state index contributed by atoms with van der Waals surface area (Å²) in [5.41, 5.74) is 0. The Hall–Kier alpha value is -3.96. The summed E-state index contributed by atoms with van der Waals surface area (Å²) in [6, 6.07) is 0. The zero-order chi connectivity index (χ0) is 49.2. The van der Waals surface area contributed by atoms with Crippen molar-refractivity contribution in [2.24, 2.45) is 0 Å². The topological polar surface area (TPSA) is 61.8 Å². The molecule has 0 N–H and O–H groups in total. The second kappa shape index (κ2) is 57.4. The first-order valence-electron chi connectivity index (χ1n) is 27.7. The van der Waals surface area contributed by atoms with Crippen LogP contribution >= 0.6 is 0 Å². The predicted octanol–water partition coefficient (Wildman–Crippen LogP) is 19.1. The Kier molecular flexibility index (Phi) is 54.0. The van der Waals surface area contributed by atoms with E-state index < -0.39 is 6.10 Å². The Morgan fingerprint density at radius 3 is 1.12 bits per heavy atom. The molecule has 0 saturated carbocycles. The molecule has 0 bridgehead atoms. The molecule has 0 aliphatic heterocycles. The molecule has 0 aromatic rings. The standard InChI is InChI=1S/C63H102O5/c1-4-7-10-13-16-19-22-25-28-31-34-37-40-43-46-49-52-55-58-66-59-61(68-63(65)57-54-51-48-45-42-39-36-33-30-27-24-21-18-15-12-9-6-3)60-67-62(64)56-53-50-47-44-41-38-35-32-29-26-23-20-17-14-11-8-5-2/h7-8,10-11,16-17,19-20,25-30,34-35,37-38,43-44,46-47,61H,4-6,9,12-15,18,21-24,31-33,36,39-42,45,48-60H2,1-3H3/b10-7-,11-8-,19-16-,20-17-,28-25-,29-26-,30-27-,37-34-,38-35-,46-43-,47-44-. The van der Waals surface area contributed by atoms with E-state index in [0.717, 1.165) is 116 Å². The molecule has 0 saturated heterocycles. The van der Waals surface area contributed by atoms with Gasteiger partial charge in [0.2, 0.25) is 0 Å². The Bertz CT molecular complexity index is 1430. The van der Waals surface area contributed by atoms with Crippen LogP contribution in [0.4, 0.5) is 0 Å². The van der Waals surface area contributed by atoms with Crippen LogP contribution < -0.4 is 0 Å². The summed E-state index contributed by atoms with van der Waals surface area (Å²) >= 11 is 0. The zero-order valence-electron chi connectivity index (χ0n) is 44.1. The van der Waals surface area contributed by atoms with Gasteiger partial charge in [-0.1, -0.05) is 219 Å². The van der Waals surface area contributed by atoms with Crippen molar-refractivity contribution in [3.63, 3.8) is 0 Å². The number of rotatable bonds is 49. The van der Waals surface area contributed by atoms with Crippen LogP contribution in [0.2, 0.25) is 0 Å². The lowest BCUT2D eigenvalue weighted by molar-refractivity contribution is -0.163. The van der Waals surface area contributed by atoms with Crippen LogP contribution in [0.1, 0.15) is 226 Å². The van der Waals surface area contributed by atoms with Gasteiger partial charge in [0.25, 0.3) is 0 Å². The highest BCUT2D eigenvalue weighted by Crippen LogP contribution is 2.13. The van der Waals surface area contributed by atoms with Crippen LogP contribution in [0.5, 0.6) is 0 Å². The number of carbonyl (C=O) groups is 2. The van der Waals surface area contributed by atoms with Crippen molar-refractivity contribution in [2.45, 2.75) is 232 Å². The van der Waals surface area contributed by atoms with Gasteiger partial charge < -0.3 is 14.2 Å². The third kappa shape index (κ3) is 54.6. The van der Waals surface area contributed by atoms with Crippen LogP contribution in [-0.2, 0) is 23.8 Å². The predicted molar refractivity (Wildman–Crippen MR) is 297 cm³/mol. The molecule has 1 atom stereocenters. The summed E-state index contributed by atoms with van der Waals surface area (Å²) in [5, 5.41) is 0. The van der Waals surface area contributed by atoms with Crippen molar-refractivity contribution in [1.29, 1.82) is 0 Å². The number of hydrogen-bond donors (Lipinski definition) is 0. The molecule has 0 radical (unpaired) electrons. The minimum atomic E-state index is -0.594. The van der Waals surface area contributed by atoms with Gasteiger partial charge in [-0.3, -0.25) is 9.59 Å². The normalized spacial score (nSPS) is 13.3. The molecular formula is C63H102O5. The third-order valence-corrected chi connectivity index (χ3v) is 11.2. The second-order valence-electron chi connectivity index (χ2n) is 17.7. The monoisotopic (exact) mass is 939 g/mol. The fourth-order valence-corrected chi connectivity index (χ4v) is 7.10. The maximum Gasteiger partial charge on any atom is 0.306 e. The Morgan fingerprint density at radius 2 is 0.676 bits per heavy atom. The second-order valence-corrected chi connectivity index (χ2v) is 17.7. The molecule has 68 heavy (non-hydrogen) atoms. The van der Waals surface area contributed by atoms with Crippen LogP contribution in [-0.4, -0.2) is 37.9 Å². The Morgan fingerprint density at radius 1 is 0.338 bits per heavy atom. The molecule has 0 aromatic carbocycles. The molecule has 5 nitrogen and oxygen atoms in total. The highest BCUT2D eigenvalue weighted by molar-refractivity contribution is 5.70. The molecule has 0 aliphatic rings. The van der Waals surface area contributed by atoms with Gasteiger partial charge in [-0.2, -0.15) is 0 Å². The lowest BCUT2D eigenvalue weighted by Gasteiger charge is -2.18. The first-order chi connectivity index (χ1) is 33.6. The molecule has 0 aromatic heterocycles. The fourth-order valence-electron chi connectivity index (χ4n) is 7.10. The van der Waals surface area contributed by atoms with E-state index in [-0.39, 0.29) is 25.2 Å². The van der Waals surface area contributed by atoms with Gasteiger partial charge in [0, 0.05) is 19.4 Å². The van der Waals surface area contributed by atoms with Gasteiger partial charge in [-0.25, -0.2) is 0 Å². The smallest absolute Gasteiger partial charge is 0.306 e. The van der Waals surface area contributed by atoms with Crippen molar-refractivity contribution in [2.75, 3.05) is 19.8 Å². The van der Waals surface area contributed by atoms with Crippen LogP contribution in [0.15, 0.2) is 134 Å². The summed E-state index contributed by atoms with van der Waals surface area (Å²) in [6.45, 7) is 7.42. The zero-order valence-corrected chi connectivity index (χ0v) is 44.1. The molecule has 1 unspecified atom stereocenters. The summed E-state index contributed by atoms with van der Waals surface area (Å²) < 4.78 is 17.4. The summed E-state index contributed by atoms with van der Waals surface area (Å²) in [6.07, 6.45) is 81.9. The van der Waals surface area contributed by atoms with Crippen LogP contribution in [0.3, 0.4) is 0 Å². The van der Waals surface area contributed by atoms with Crippen molar-refractivity contribution in [3.05, 3.63) is 134 Å². The van der Waals surface area contributed by atoms with Gasteiger partial charge in [-0.05, 0) is 128 Å². The Balaban J connectivity index is 4.48. The van der Waals surface area contributed by atoms with E-state index in [9.17, 15) is 9.59 Å². The largest absolute Gasteiger partial charge is 0.462 e. The first kappa shape index (κ1) is 64.0. The molecule has 0 fully saturated rings. The molecule has 0 amide bonds. The molecule has 0 rings (SSSR count). The number of ether oxygens (including phenoxy) is 3. The quantitative estimate of drug-likeness (QED) is 0.0345. The van der Waals surface area contributed by atoms with Crippen molar-refractivity contribution in [3.8, 4) is 0 Å².